The molecule has 1 atom stereocenters. The van der Waals surface area contributed by atoms with E-state index in [1.165, 1.54) is 16.6 Å². The van der Waals surface area contributed by atoms with Gasteiger partial charge in [-0.1, -0.05) is 25.1 Å². The van der Waals surface area contributed by atoms with Crippen LogP contribution < -0.4 is 5.73 Å². The maximum atomic E-state index is 5.60. The van der Waals surface area contributed by atoms with Gasteiger partial charge in [-0.3, -0.25) is 4.68 Å². The normalized spacial score (nSPS) is 13.1. The number of rotatable bonds is 5. The fraction of sp³-hybridized carbons (Fsp3) is 0.500. The minimum absolute atomic E-state index is 0.601. The molecule has 0 aliphatic carbocycles. The maximum Gasteiger partial charge on any atom is 0.0706 e. The van der Waals surface area contributed by atoms with Gasteiger partial charge in [0.25, 0.3) is 0 Å². The fourth-order valence-corrected chi connectivity index (χ4v) is 2.30. The predicted octanol–water partition coefficient (Wildman–Crippen LogP) is 2.58. The van der Waals surface area contributed by atoms with Gasteiger partial charge in [0.2, 0.25) is 0 Å². The second kappa shape index (κ2) is 5.32. The Kier molecular flexibility index (Phi) is 3.79. The molecule has 17 heavy (non-hydrogen) atoms. The average Bonchev–Trinajstić information content (AvgIpc) is 2.68. The summed E-state index contributed by atoms with van der Waals surface area (Å²) >= 11 is 0. The van der Waals surface area contributed by atoms with Crippen molar-refractivity contribution in [3.05, 3.63) is 30.0 Å². The number of para-hydroxylation sites is 1. The quantitative estimate of drug-likeness (QED) is 0.859. The van der Waals surface area contributed by atoms with Gasteiger partial charge in [0.1, 0.15) is 0 Å². The van der Waals surface area contributed by atoms with E-state index in [4.69, 9.17) is 10.8 Å². The second-order valence-corrected chi connectivity index (χ2v) is 4.67. The first kappa shape index (κ1) is 12.1. The van der Waals surface area contributed by atoms with Crippen LogP contribution in [0.2, 0.25) is 0 Å². The van der Waals surface area contributed by atoms with Gasteiger partial charge in [0, 0.05) is 11.9 Å². The van der Waals surface area contributed by atoms with Crippen molar-refractivity contribution in [1.29, 1.82) is 0 Å². The number of fused-ring (bicyclic) bond motifs is 1. The van der Waals surface area contributed by atoms with Gasteiger partial charge in [-0.05, 0) is 38.3 Å². The van der Waals surface area contributed by atoms with Crippen molar-refractivity contribution >= 4 is 10.9 Å². The molecule has 3 nitrogen and oxygen atoms in total. The molecule has 0 amide bonds. The molecule has 0 aliphatic heterocycles. The van der Waals surface area contributed by atoms with Crippen LogP contribution in [0.4, 0.5) is 0 Å². The first-order valence-electron chi connectivity index (χ1n) is 6.40. The molecule has 92 valence electrons. The number of hydrogen-bond donors (Lipinski definition) is 1. The monoisotopic (exact) mass is 231 g/mol. The summed E-state index contributed by atoms with van der Waals surface area (Å²) in [6.45, 7) is 6.05. The van der Waals surface area contributed by atoms with Crippen molar-refractivity contribution < 1.29 is 0 Å². The van der Waals surface area contributed by atoms with E-state index < -0.39 is 0 Å². The fourth-order valence-electron chi connectivity index (χ4n) is 2.30. The Morgan fingerprint density at radius 2 is 2.12 bits per heavy atom. The van der Waals surface area contributed by atoms with Crippen molar-refractivity contribution in [2.24, 2.45) is 11.7 Å². The molecule has 2 N–H and O–H groups in total. The lowest BCUT2D eigenvalue weighted by atomic mass is 10.00. The minimum Gasteiger partial charge on any atom is -0.330 e. The number of hydrogen-bond acceptors (Lipinski definition) is 2. The Morgan fingerprint density at radius 1 is 1.35 bits per heavy atom. The summed E-state index contributed by atoms with van der Waals surface area (Å²) in [5.41, 5.74) is 8.05. The van der Waals surface area contributed by atoms with E-state index >= 15 is 0 Å². The Balaban J connectivity index is 2.33. The predicted molar refractivity (Wildman–Crippen MR) is 71.9 cm³/mol. The van der Waals surface area contributed by atoms with Gasteiger partial charge in [0.15, 0.2) is 0 Å². The van der Waals surface area contributed by atoms with Gasteiger partial charge in [0.05, 0.1) is 11.2 Å². The molecule has 2 rings (SSSR count). The van der Waals surface area contributed by atoms with Gasteiger partial charge in [-0.25, -0.2) is 0 Å². The molecule has 1 unspecified atom stereocenters. The first-order chi connectivity index (χ1) is 8.26. The van der Waals surface area contributed by atoms with Crippen LogP contribution in [0.3, 0.4) is 0 Å². The van der Waals surface area contributed by atoms with Crippen LogP contribution in [0.15, 0.2) is 24.3 Å². The van der Waals surface area contributed by atoms with Crippen LogP contribution in [0.5, 0.6) is 0 Å². The molecule has 0 saturated carbocycles. The molecule has 0 spiro atoms. The molecular formula is C14H21N3. The zero-order chi connectivity index (χ0) is 12.3. The molecule has 0 bridgehead atoms. The Bertz CT molecular complexity index is 487. The van der Waals surface area contributed by atoms with Crippen LogP contribution in [-0.4, -0.2) is 16.3 Å². The summed E-state index contributed by atoms with van der Waals surface area (Å²) in [5.74, 6) is 0.601. The van der Waals surface area contributed by atoms with Crippen molar-refractivity contribution in [3.8, 4) is 0 Å². The molecule has 1 aromatic heterocycles. The maximum absolute atomic E-state index is 5.60. The Morgan fingerprint density at radius 3 is 2.82 bits per heavy atom. The van der Waals surface area contributed by atoms with E-state index in [1.807, 2.05) is 0 Å². The lowest BCUT2D eigenvalue weighted by Crippen LogP contribution is -2.08. The Hall–Kier alpha value is -1.35. The summed E-state index contributed by atoms with van der Waals surface area (Å²) in [5, 5.41) is 6.00. The molecule has 1 aromatic carbocycles. The number of benzene rings is 1. The molecule has 2 aromatic rings. The van der Waals surface area contributed by atoms with Crippen LogP contribution in [0.25, 0.3) is 10.9 Å². The molecular weight excluding hydrogens is 210 g/mol. The van der Waals surface area contributed by atoms with Crippen LogP contribution >= 0.6 is 0 Å². The SMILES string of the molecule is CCn1nc(CC(C)CCN)c2ccccc21. The van der Waals surface area contributed by atoms with E-state index in [0.717, 1.165) is 25.9 Å². The molecule has 1 heterocycles. The van der Waals surface area contributed by atoms with E-state index in [0.29, 0.717) is 5.92 Å². The second-order valence-electron chi connectivity index (χ2n) is 4.67. The summed E-state index contributed by atoms with van der Waals surface area (Å²) < 4.78 is 2.08. The van der Waals surface area contributed by atoms with E-state index in [-0.39, 0.29) is 0 Å². The van der Waals surface area contributed by atoms with Gasteiger partial charge >= 0.3 is 0 Å². The van der Waals surface area contributed by atoms with Crippen molar-refractivity contribution in [3.63, 3.8) is 0 Å². The van der Waals surface area contributed by atoms with E-state index in [1.54, 1.807) is 0 Å². The minimum atomic E-state index is 0.601. The number of nitrogens with two attached hydrogens (primary N) is 1. The highest BCUT2D eigenvalue weighted by atomic mass is 15.3. The topological polar surface area (TPSA) is 43.8 Å². The molecule has 3 heteroatoms. The summed E-state index contributed by atoms with van der Waals surface area (Å²) in [6, 6.07) is 8.46. The number of nitrogens with zero attached hydrogens (tertiary/aromatic N) is 2. The average molecular weight is 231 g/mol. The summed E-state index contributed by atoms with van der Waals surface area (Å²) in [7, 11) is 0. The van der Waals surface area contributed by atoms with E-state index in [9.17, 15) is 0 Å². The zero-order valence-electron chi connectivity index (χ0n) is 10.7. The highest BCUT2D eigenvalue weighted by Gasteiger charge is 2.11. The standard InChI is InChI=1S/C14H21N3/c1-3-17-14-7-5-4-6-12(14)13(16-17)10-11(2)8-9-15/h4-7,11H,3,8-10,15H2,1-2H3. The highest BCUT2D eigenvalue weighted by molar-refractivity contribution is 5.81. The largest absolute Gasteiger partial charge is 0.330 e. The third-order valence-corrected chi connectivity index (χ3v) is 3.24. The van der Waals surface area contributed by atoms with Gasteiger partial charge < -0.3 is 5.73 Å². The van der Waals surface area contributed by atoms with Crippen molar-refractivity contribution in [2.75, 3.05) is 6.54 Å². The lowest BCUT2D eigenvalue weighted by molar-refractivity contribution is 0.526. The number of aryl methyl sites for hydroxylation is 1. The summed E-state index contributed by atoms with van der Waals surface area (Å²) in [4.78, 5) is 0. The third-order valence-electron chi connectivity index (χ3n) is 3.24. The zero-order valence-corrected chi connectivity index (χ0v) is 10.7. The molecule has 0 radical (unpaired) electrons. The van der Waals surface area contributed by atoms with Crippen LogP contribution in [0.1, 0.15) is 26.0 Å². The van der Waals surface area contributed by atoms with Crippen LogP contribution in [0, 0.1) is 5.92 Å². The highest BCUT2D eigenvalue weighted by Crippen LogP contribution is 2.21. The van der Waals surface area contributed by atoms with Crippen LogP contribution in [-0.2, 0) is 13.0 Å². The van der Waals surface area contributed by atoms with Crippen molar-refractivity contribution in [2.45, 2.75) is 33.2 Å². The van der Waals surface area contributed by atoms with Gasteiger partial charge in [-0.15, -0.1) is 0 Å². The molecule has 0 saturated heterocycles. The molecule has 0 aliphatic rings. The third kappa shape index (κ3) is 2.50. The molecule has 0 fully saturated rings. The summed E-state index contributed by atoms with van der Waals surface area (Å²) in [6.07, 6.45) is 2.08. The van der Waals surface area contributed by atoms with Gasteiger partial charge in [-0.2, -0.15) is 5.10 Å². The van der Waals surface area contributed by atoms with E-state index in [2.05, 4.69) is 42.8 Å². The lowest BCUT2D eigenvalue weighted by Gasteiger charge is -2.07. The Labute approximate surface area is 103 Å². The van der Waals surface area contributed by atoms with Crippen molar-refractivity contribution in [1.82, 2.24) is 9.78 Å². The number of aromatic nitrogens is 2. The smallest absolute Gasteiger partial charge is 0.0706 e. The first-order valence-corrected chi connectivity index (χ1v) is 6.40.